The Morgan fingerprint density at radius 2 is 2.00 bits per heavy atom. The van der Waals surface area contributed by atoms with Crippen LogP contribution in [0.25, 0.3) is 0 Å². The molecule has 3 N–H and O–H groups in total. The first-order valence-corrected chi connectivity index (χ1v) is 3.69. The van der Waals surface area contributed by atoms with E-state index < -0.39 is 18.1 Å². The zero-order valence-corrected chi connectivity index (χ0v) is 7.65. The highest BCUT2D eigenvalue weighted by Crippen LogP contribution is 1.97. The molecule has 0 aromatic carbocycles. The minimum Gasteiger partial charge on any atom is -0.548 e. The normalized spacial score (nSPS) is 17.1. The van der Waals surface area contributed by atoms with Crippen LogP contribution in [0.15, 0.2) is 0 Å². The van der Waals surface area contributed by atoms with Gasteiger partial charge in [-0.2, -0.15) is 0 Å². The second-order valence-electron chi connectivity index (χ2n) is 3.89. The molecule has 0 aliphatic heterocycles. The molecule has 2 atom stereocenters. The van der Waals surface area contributed by atoms with Crippen molar-refractivity contribution in [3.05, 3.63) is 0 Å². The number of aliphatic hydroxyl groups excluding tert-OH is 1. The number of carboxylic acids is 1. The number of likely N-dealkylation sites (N-methyl/N-ethyl adjacent to an activating group) is 1. The number of aliphatic carboxylic acids is 1. The number of aliphatic hydroxyl groups is 1. The van der Waals surface area contributed by atoms with Crippen LogP contribution in [0.5, 0.6) is 0 Å². The topological polar surface area (TPSA) is 86.4 Å². The lowest BCUT2D eigenvalue weighted by molar-refractivity contribution is -0.873. The van der Waals surface area contributed by atoms with Gasteiger partial charge in [0, 0.05) is 0 Å². The Balaban J connectivity index is 4.04. The highest BCUT2D eigenvalue weighted by Gasteiger charge is 2.22. The standard InChI is InChI=1S/C7H16N2O3/c1-9(2,3)4-5(10)6(8)7(11)12/h5-6,10H,4,8H2,1-3H3/t5-,6-/m1/s1. The first-order chi connectivity index (χ1) is 5.24. The van der Waals surface area contributed by atoms with Crippen molar-refractivity contribution < 1.29 is 19.5 Å². The zero-order chi connectivity index (χ0) is 9.94. The zero-order valence-electron chi connectivity index (χ0n) is 7.65. The summed E-state index contributed by atoms with van der Waals surface area (Å²) in [7, 11) is 5.52. The van der Waals surface area contributed by atoms with E-state index in [1.807, 2.05) is 21.1 Å². The number of carbonyl (C=O) groups is 1. The van der Waals surface area contributed by atoms with Crippen LogP contribution in [-0.2, 0) is 4.79 Å². The fraction of sp³-hybridized carbons (Fsp3) is 0.857. The van der Waals surface area contributed by atoms with Crippen molar-refractivity contribution >= 4 is 5.97 Å². The van der Waals surface area contributed by atoms with Crippen LogP contribution >= 0.6 is 0 Å². The smallest absolute Gasteiger partial charge is 0.123 e. The minimum atomic E-state index is -1.42. The molecule has 0 spiro atoms. The van der Waals surface area contributed by atoms with Crippen molar-refractivity contribution in [1.82, 2.24) is 0 Å². The van der Waals surface area contributed by atoms with Gasteiger partial charge in [-0.25, -0.2) is 0 Å². The summed E-state index contributed by atoms with van der Waals surface area (Å²) in [6, 6.07) is -1.30. The second-order valence-corrected chi connectivity index (χ2v) is 3.89. The predicted octanol–water partition coefficient (Wildman–Crippen LogP) is -2.87. The van der Waals surface area contributed by atoms with Gasteiger partial charge in [0.25, 0.3) is 0 Å². The summed E-state index contributed by atoms with van der Waals surface area (Å²) in [5.74, 6) is -1.42. The monoisotopic (exact) mass is 176 g/mol. The van der Waals surface area contributed by atoms with E-state index in [-0.39, 0.29) is 6.54 Å². The summed E-state index contributed by atoms with van der Waals surface area (Å²) in [5, 5.41) is 19.5. The number of carbonyl (C=O) groups excluding carboxylic acids is 1. The van der Waals surface area contributed by atoms with Crippen molar-refractivity contribution in [1.29, 1.82) is 0 Å². The Morgan fingerprint density at radius 1 is 1.58 bits per heavy atom. The molecule has 0 saturated carbocycles. The molecular weight excluding hydrogens is 160 g/mol. The van der Waals surface area contributed by atoms with E-state index in [1.165, 1.54) is 0 Å². The number of quaternary nitrogens is 1. The third-order valence-corrected chi connectivity index (χ3v) is 1.42. The van der Waals surface area contributed by atoms with Gasteiger partial charge in [0.1, 0.15) is 12.6 Å². The molecule has 0 unspecified atom stereocenters. The maximum Gasteiger partial charge on any atom is 0.123 e. The lowest BCUT2D eigenvalue weighted by Crippen LogP contribution is -2.55. The highest BCUT2D eigenvalue weighted by molar-refractivity contribution is 5.71. The van der Waals surface area contributed by atoms with Crippen molar-refractivity contribution in [3.8, 4) is 0 Å². The molecule has 0 aromatic heterocycles. The highest BCUT2D eigenvalue weighted by atomic mass is 16.4. The van der Waals surface area contributed by atoms with Gasteiger partial charge in [-0.15, -0.1) is 0 Å². The number of nitrogens with two attached hydrogens (primary N) is 1. The van der Waals surface area contributed by atoms with Gasteiger partial charge in [0.2, 0.25) is 0 Å². The van der Waals surface area contributed by atoms with E-state index in [4.69, 9.17) is 5.73 Å². The molecule has 0 amide bonds. The summed E-state index contributed by atoms with van der Waals surface area (Å²) in [5.41, 5.74) is 5.15. The first-order valence-electron chi connectivity index (χ1n) is 3.69. The van der Waals surface area contributed by atoms with Crippen LogP contribution in [0.4, 0.5) is 0 Å². The van der Waals surface area contributed by atoms with Gasteiger partial charge in [0.15, 0.2) is 0 Å². The van der Waals surface area contributed by atoms with Crippen LogP contribution in [-0.4, -0.2) is 55.4 Å². The third kappa shape index (κ3) is 4.27. The summed E-state index contributed by atoms with van der Waals surface area (Å²) >= 11 is 0. The van der Waals surface area contributed by atoms with Crippen LogP contribution in [0, 0.1) is 0 Å². The van der Waals surface area contributed by atoms with Crippen molar-refractivity contribution in [2.45, 2.75) is 12.1 Å². The Kier molecular flexibility index (Phi) is 3.63. The van der Waals surface area contributed by atoms with Gasteiger partial charge >= 0.3 is 0 Å². The molecule has 72 valence electrons. The van der Waals surface area contributed by atoms with Crippen molar-refractivity contribution in [2.24, 2.45) is 5.73 Å². The van der Waals surface area contributed by atoms with Crippen LogP contribution in [0.2, 0.25) is 0 Å². The van der Waals surface area contributed by atoms with E-state index in [2.05, 4.69) is 0 Å². The Hall–Kier alpha value is -0.650. The molecule has 0 aromatic rings. The third-order valence-electron chi connectivity index (χ3n) is 1.42. The fourth-order valence-corrected chi connectivity index (χ4v) is 0.832. The molecule has 5 heteroatoms. The molecule has 5 nitrogen and oxygen atoms in total. The van der Waals surface area contributed by atoms with Crippen molar-refractivity contribution in [3.63, 3.8) is 0 Å². The molecule has 0 heterocycles. The van der Waals surface area contributed by atoms with Gasteiger partial charge in [0.05, 0.1) is 33.2 Å². The van der Waals surface area contributed by atoms with Crippen LogP contribution < -0.4 is 10.8 Å². The fourth-order valence-electron chi connectivity index (χ4n) is 0.832. The van der Waals surface area contributed by atoms with Crippen LogP contribution in [0.3, 0.4) is 0 Å². The Morgan fingerprint density at radius 3 is 2.25 bits per heavy atom. The average Bonchev–Trinajstić information content (AvgIpc) is 1.82. The summed E-state index contributed by atoms with van der Waals surface area (Å²) in [4.78, 5) is 10.2. The van der Waals surface area contributed by atoms with Crippen LogP contribution in [0.1, 0.15) is 0 Å². The van der Waals surface area contributed by atoms with Gasteiger partial charge < -0.3 is 25.2 Å². The maximum absolute atomic E-state index is 10.2. The van der Waals surface area contributed by atoms with Gasteiger partial charge in [-0.05, 0) is 0 Å². The summed E-state index contributed by atoms with van der Waals surface area (Å²) < 4.78 is 0.460. The minimum absolute atomic E-state index is 0.287. The maximum atomic E-state index is 10.2. The number of hydrogen-bond acceptors (Lipinski definition) is 4. The molecule has 0 aliphatic rings. The lowest BCUT2D eigenvalue weighted by atomic mass is 10.1. The van der Waals surface area contributed by atoms with E-state index >= 15 is 0 Å². The summed E-state index contributed by atoms with van der Waals surface area (Å²) in [6.45, 7) is 0.287. The van der Waals surface area contributed by atoms with E-state index in [0.29, 0.717) is 4.48 Å². The largest absolute Gasteiger partial charge is 0.548 e. The molecule has 0 saturated heterocycles. The SMILES string of the molecule is C[N+](C)(C)C[C@@H](O)[C@@H](N)C(=O)[O-]. The number of rotatable bonds is 4. The molecule has 0 aliphatic carbocycles. The molecular formula is C7H16N2O3. The number of hydrogen-bond donors (Lipinski definition) is 2. The molecule has 0 fully saturated rings. The van der Waals surface area contributed by atoms with E-state index in [1.54, 1.807) is 0 Å². The summed E-state index contributed by atoms with van der Waals surface area (Å²) in [6.07, 6.45) is -1.06. The predicted molar refractivity (Wildman–Crippen MR) is 41.9 cm³/mol. The van der Waals surface area contributed by atoms with Crippen molar-refractivity contribution in [2.75, 3.05) is 27.7 Å². The molecule has 0 rings (SSSR count). The van der Waals surface area contributed by atoms with E-state index in [9.17, 15) is 15.0 Å². The first kappa shape index (κ1) is 11.4. The number of nitrogens with zero attached hydrogens (tertiary/aromatic N) is 1. The van der Waals surface area contributed by atoms with Gasteiger partial charge in [-0.1, -0.05) is 0 Å². The average molecular weight is 176 g/mol. The van der Waals surface area contributed by atoms with Gasteiger partial charge in [-0.3, -0.25) is 0 Å². The second kappa shape index (κ2) is 3.84. The van der Waals surface area contributed by atoms with E-state index in [0.717, 1.165) is 0 Å². The lowest BCUT2D eigenvalue weighted by Gasteiger charge is -2.29. The molecule has 0 bridgehead atoms. The quantitative estimate of drug-likeness (QED) is 0.451. The number of carboxylic acid groups (broad SMARTS) is 1. The molecule has 12 heavy (non-hydrogen) atoms. The Labute approximate surface area is 72.0 Å². The Bertz CT molecular complexity index is 165. The molecule has 0 radical (unpaired) electrons.